The number of rotatable bonds is 6. The van der Waals surface area contributed by atoms with Crippen LogP contribution in [0, 0.1) is 6.92 Å². The fourth-order valence-corrected chi connectivity index (χ4v) is 3.26. The summed E-state index contributed by atoms with van der Waals surface area (Å²) in [7, 11) is 1.75. The molecule has 4 nitrogen and oxygen atoms in total. The van der Waals surface area contributed by atoms with Crippen molar-refractivity contribution in [2.24, 2.45) is 4.99 Å². The Balaban J connectivity index is 1.75. The first-order chi connectivity index (χ1) is 14.7. The average Bonchev–Trinajstić information content (AvgIpc) is 2.73. The molecule has 0 aliphatic carbocycles. The van der Waals surface area contributed by atoms with Crippen LogP contribution in [0.2, 0.25) is 0 Å². The van der Waals surface area contributed by atoms with Gasteiger partial charge in [0.15, 0.2) is 0 Å². The molecule has 31 heavy (non-hydrogen) atoms. The maximum atomic E-state index is 12.9. The Morgan fingerprint density at radius 2 is 1.68 bits per heavy atom. The Morgan fingerprint density at radius 1 is 1.00 bits per heavy atom. The van der Waals surface area contributed by atoms with Crippen molar-refractivity contribution in [3.05, 3.63) is 90.0 Å². The highest BCUT2D eigenvalue weighted by molar-refractivity contribution is 6.05. The van der Waals surface area contributed by atoms with Crippen molar-refractivity contribution in [2.75, 3.05) is 17.7 Å². The largest absolute Gasteiger partial charge is 0.416 e. The third-order valence-electron chi connectivity index (χ3n) is 4.81. The Hall–Kier alpha value is -3.61. The SMILES string of the molecule is C=C(Nc1ccc(-c2ccnc(C)c2C(C)=NC)cc1)Nc1cccc(C(F)(F)F)c1. The summed E-state index contributed by atoms with van der Waals surface area (Å²) in [4.78, 5) is 8.67. The second-order valence-electron chi connectivity index (χ2n) is 7.01. The molecule has 0 fully saturated rings. The monoisotopic (exact) mass is 424 g/mol. The van der Waals surface area contributed by atoms with E-state index >= 15 is 0 Å². The number of halogens is 3. The maximum Gasteiger partial charge on any atom is 0.416 e. The Morgan fingerprint density at radius 3 is 2.32 bits per heavy atom. The van der Waals surface area contributed by atoms with Gasteiger partial charge in [0, 0.05) is 41.6 Å². The lowest BCUT2D eigenvalue weighted by atomic mass is 9.96. The first-order valence-corrected chi connectivity index (χ1v) is 9.59. The van der Waals surface area contributed by atoms with Crippen LogP contribution in [0.15, 0.2) is 78.2 Å². The molecule has 160 valence electrons. The Bertz CT molecular complexity index is 1120. The van der Waals surface area contributed by atoms with Crippen LogP contribution < -0.4 is 10.6 Å². The molecular formula is C24H23F3N4. The van der Waals surface area contributed by atoms with Gasteiger partial charge >= 0.3 is 6.18 Å². The zero-order valence-corrected chi connectivity index (χ0v) is 17.5. The number of benzene rings is 2. The third kappa shape index (κ3) is 5.31. The van der Waals surface area contributed by atoms with Crippen LogP contribution in [0.25, 0.3) is 11.1 Å². The number of hydrogen-bond donors (Lipinski definition) is 2. The van der Waals surface area contributed by atoms with Crippen LogP contribution in [-0.2, 0) is 6.18 Å². The van der Waals surface area contributed by atoms with Crippen molar-refractivity contribution >= 4 is 17.1 Å². The molecule has 0 atom stereocenters. The highest BCUT2D eigenvalue weighted by atomic mass is 19.4. The van der Waals surface area contributed by atoms with Crippen LogP contribution in [0.3, 0.4) is 0 Å². The van der Waals surface area contributed by atoms with E-state index in [1.807, 2.05) is 44.2 Å². The number of aliphatic imine (C=N–C) groups is 1. The minimum Gasteiger partial charge on any atom is -0.342 e. The van der Waals surface area contributed by atoms with Crippen LogP contribution in [0.1, 0.15) is 23.7 Å². The van der Waals surface area contributed by atoms with E-state index < -0.39 is 11.7 Å². The standard InChI is InChI=1S/C24H23F3N4/c1-15(28-4)23-16(2)29-13-12-22(23)18-8-10-20(11-9-18)30-17(3)31-21-7-5-6-19(14-21)24(25,26)27/h5-14,30-31H,3H2,1-2,4H3. The molecule has 0 spiro atoms. The highest BCUT2D eigenvalue weighted by Gasteiger charge is 2.30. The molecule has 0 saturated heterocycles. The molecular weight excluding hydrogens is 401 g/mol. The summed E-state index contributed by atoms with van der Waals surface area (Å²) in [5, 5.41) is 5.92. The molecule has 2 aromatic carbocycles. The second kappa shape index (κ2) is 9.04. The summed E-state index contributed by atoms with van der Waals surface area (Å²) in [6.07, 6.45) is -2.63. The minimum atomic E-state index is -4.40. The van der Waals surface area contributed by atoms with E-state index in [4.69, 9.17) is 0 Å². The van der Waals surface area contributed by atoms with Gasteiger partial charge in [-0.05, 0) is 61.4 Å². The summed E-state index contributed by atoms with van der Waals surface area (Å²) in [5.74, 6) is 0.362. The van der Waals surface area contributed by atoms with E-state index in [1.165, 1.54) is 6.07 Å². The van der Waals surface area contributed by atoms with Gasteiger partial charge in [0.05, 0.1) is 5.56 Å². The molecule has 0 saturated carbocycles. The average molecular weight is 424 g/mol. The molecule has 1 heterocycles. The van der Waals surface area contributed by atoms with E-state index in [0.29, 0.717) is 11.5 Å². The van der Waals surface area contributed by atoms with Gasteiger partial charge in [-0.25, -0.2) is 0 Å². The van der Waals surface area contributed by atoms with Crippen molar-refractivity contribution < 1.29 is 13.2 Å². The van der Waals surface area contributed by atoms with Gasteiger partial charge in [-0.1, -0.05) is 24.8 Å². The number of nitrogens with zero attached hydrogens (tertiary/aromatic N) is 2. The topological polar surface area (TPSA) is 49.3 Å². The Labute approximate surface area is 179 Å². The quantitative estimate of drug-likeness (QED) is 0.444. The number of anilines is 2. The minimum absolute atomic E-state index is 0.301. The van der Waals surface area contributed by atoms with Crippen molar-refractivity contribution in [3.8, 4) is 11.1 Å². The van der Waals surface area contributed by atoms with Gasteiger partial charge in [-0.15, -0.1) is 0 Å². The number of hydrogen-bond acceptors (Lipinski definition) is 4. The normalized spacial score (nSPS) is 11.9. The smallest absolute Gasteiger partial charge is 0.342 e. The summed E-state index contributed by atoms with van der Waals surface area (Å²) < 4.78 is 38.6. The predicted molar refractivity (Wildman–Crippen MR) is 120 cm³/mol. The molecule has 0 aliphatic heterocycles. The van der Waals surface area contributed by atoms with E-state index in [-0.39, 0.29) is 0 Å². The number of aromatic nitrogens is 1. The van der Waals surface area contributed by atoms with Crippen LogP contribution in [0.4, 0.5) is 24.5 Å². The summed E-state index contributed by atoms with van der Waals surface area (Å²) in [5.41, 5.74) is 5.18. The van der Waals surface area contributed by atoms with Gasteiger partial charge in [-0.2, -0.15) is 13.2 Å². The zero-order valence-electron chi connectivity index (χ0n) is 17.5. The van der Waals surface area contributed by atoms with Gasteiger partial charge < -0.3 is 10.6 Å². The molecule has 3 rings (SSSR count). The maximum absolute atomic E-state index is 12.9. The summed E-state index contributed by atoms with van der Waals surface area (Å²) in [6, 6.07) is 14.6. The molecule has 0 radical (unpaired) electrons. The highest BCUT2D eigenvalue weighted by Crippen LogP contribution is 2.31. The third-order valence-corrected chi connectivity index (χ3v) is 4.81. The van der Waals surface area contributed by atoms with Gasteiger partial charge in [0.2, 0.25) is 0 Å². The molecule has 0 aliphatic rings. The number of aryl methyl sites for hydroxylation is 1. The van der Waals surface area contributed by atoms with Crippen LogP contribution >= 0.6 is 0 Å². The van der Waals surface area contributed by atoms with Crippen molar-refractivity contribution in [1.29, 1.82) is 0 Å². The number of nitrogens with one attached hydrogen (secondary N) is 2. The van der Waals surface area contributed by atoms with Crippen molar-refractivity contribution in [1.82, 2.24) is 4.98 Å². The van der Waals surface area contributed by atoms with Crippen molar-refractivity contribution in [2.45, 2.75) is 20.0 Å². The fraction of sp³-hybridized carbons (Fsp3) is 0.167. The number of pyridine rings is 1. The lowest BCUT2D eigenvalue weighted by Crippen LogP contribution is -2.10. The second-order valence-corrected chi connectivity index (χ2v) is 7.01. The number of alkyl halides is 3. The lowest BCUT2D eigenvalue weighted by Gasteiger charge is -2.15. The Kier molecular flexibility index (Phi) is 6.44. The molecule has 1 aromatic heterocycles. The van der Waals surface area contributed by atoms with E-state index in [2.05, 4.69) is 27.2 Å². The first-order valence-electron chi connectivity index (χ1n) is 9.59. The molecule has 2 N–H and O–H groups in total. The lowest BCUT2D eigenvalue weighted by molar-refractivity contribution is -0.137. The van der Waals surface area contributed by atoms with Crippen molar-refractivity contribution in [3.63, 3.8) is 0 Å². The molecule has 0 amide bonds. The molecule has 0 unspecified atom stereocenters. The molecule has 7 heteroatoms. The van der Waals surface area contributed by atoms with Crippen LogP contribution in [0.5, 0.6) is 0 Å². The first kappa shape index (κ1) is 22.1. The van der Waals surface area contributed by atoms with Gasteiger partial charge in [0.1, 0.15) is 5.82 Å². The summed E-state index contributed by atoms with van der Waals surface area (Å²) >= 11 is 0. The van der Waals surface area contributed by atoms with Crippen LogP contribution in [-0.4, -0.2) is 17.7 Å². The molecule has 0 bridgehead atoms. The van der Waals surface area contributed by atoms with Gasteiger partial charge in [0.25, 0.3) is 0 Å². The molecule has 3 aromatic rings. The van der Waals surface area contributed by atoms with Gasteiger partial charge in [-0.3, -0.25) is 9.98 Å². The van der Waals surface area contributed by atoms with E-state index in [9.17, 15) is 13.2 Å². The zero-order chi connectivity index (χ0) is 22.6. The van der Waals surface area contributed by atoms with E-state index in [0.717, 1.165) is 45.9 Å². The fourth-order valence-electron chi connectivity index (χ4n) is 3.26. The summed E-state index contributed by atoms with van der Waals surface area (Å²) in [6.45, 7) is 7.75. The predicted octanol–water partition coefficient (Wildman–Crippen LogP) is 6.51. The van der Waals surface area contributed by atoms with E-state index in [1.54, 1.807) is 19.3 Å².